The maximum Gasteiger partial charge on any atom is 0.175 e. The summed E-state index contributed by atoms with van der Waals surface area (Å²) in [7, 11) is -3.10. The molecule has 0 saturated heterocycles. The summed E-state index contributed by atoms with van der Waals surface area (Å²) in [6.45, 7) is 0.903. The third-order valence-electron chi connectivity index (χ3n) is 2.67. The van der Waals surface area contributed by atoms with Gasteiger partial charge in [0, 0.05) is 24.4 Å². The molecular weight excluding hydrogens is 270 g/mol. The lowest BCUT2D eigenvalue weighted by Gasteiger charge is -2.06. The first-order chi connectivity index (χ1) is 8.54. The van der Waals surface area contributed by atoms with Crippen LogP contribution in [0.25, 0.3) is 0 Å². The molecule has 18 heavy (non-hydrogen) atoms. The van der Waals surface area contributed by atoms with Crippen molar-refractivity contribution >= 4 is 27.1 Å². The highest BCUT2D eigenvalue weighted by atomic mass is 35.5. The van der Waals surface area contributed by atoms with Gasteiger partial charge in [-0.3, -0.25) is 0 Å². The Morgan fingerprint density at radius 3 is 2.22 bits per heavy atom. The van der Waals surface area contributed by atoms with Gasteiger partial charge in [-0.25, -0.2) is 8.42 Å². The van der Waals surface area contributed by atoms with Crippen LogP contribution in [0.15, 0.2) is 29.2 Å². The molecule has 3 nitrogen and oxygen atoms in total. The summed E-state index contributed by atoms with van der Waals surface area (Å²) in [5.74, 6) is 0.736. The number of alkyl halides is 1. The van der Waals surface area contributed by atoms with Gasteiger partial charge in [0.2, 0.25) is 0 Å². The van der Waals surface area contributed by atoms with Crippen molar-refractivity contribution < 1.29 is 8.42 Å². The first-order valence-corrected chi connectivity index (χ1v) is 8.56. The molecule has 102 valence electrons. The van der Waals surface area contributed by atoms with Gasteiger partial charge < -0.3 is 5.32 Å². The van der Waals surface area contributed by atoms with Crippen LogP contribution in [0, 0.1) is 0 Å². The van der Waals surface area contributed by atoms with Crippen molar-refractivity contribution in [3.63, 3.8) is 0 Å². The van der Waals surface area contributed by atoms with Gasteiger partial charge >= 0.3 is 0 Å². The summed E-state index contributed by atoms with van der Waals surface area (Å²) in [5.41, 5.74) is 0.958. The largest absolute Gasteiger partial charge is 0.385 e. The fraction of sp³-hybridized carbons (Fsp3) is 0.538. The fourth-order valence-electron chi connectivity index (χ4n) is 1.63. The third kappa shape index (κ3) is 5.74. The van der Waals surface area contributed by atoms with Crippen LogP contribution in [0.2, 0.25) is 0 Å². The topological polar surface area (TPSA) is 46.2 Å². The normalized spacial score (nSPS) is 11.4. The minimum Gasteiger partial charge on any atom is -0.385 e. The van der Waals surface area contributed by atoms with E-state index in [1.165, 1.54) is 12.7 Å². The predicted octanol–water partition coefficient (Wildman–Crippen LogP) is 3.30. The second kappa shape index (κ2) is 7.64. The Kier molecular flexibility index (Phi) is 6.50. The Labute approximate surface area is 114 Å². The van der Waals surface area contributed by atoms with Crippen LogP contribution in [-0.4, -0.2) is 27.1 Å². The molecule has 0 heterocycles. The first-order valence-electron chi connectivity index (χ1n) is 6.14. The van der Waals surface area contributed by atoms with Crippen molar-refractivity contribution in [2.75, 3.05) is 24.0 Å². The van der Waals surface area contributed by atoms with E-state index in [0.717, 1.165) is 37.4 Å². The van der Waals surface area contributed by atoms with Crippen LogP contribution in [0.1, 0.15) is 25.7 Å². The zero-order chi connectivity index (χ0) is 13.4. The minimum atomic E-state index is -3.10. The van der Waals surface area contributed by atoms with Gasteiger partial charge in [0.25, 0.3) is 0 Å². The van der Waals surface area contributed by atoms with Crippen LogP contribution in [0.5, 0.6) is 0 Å². The highest BCUT2D eigenvalue weighted by Crippen LogP contribution is 2.14. The summed E-state index contributed by atoms with van der Waals surface area (Å²) < 4.78 is 22.5. The lowest BCUT2D eigenvalue weighted by molar-refractivity contribution is 0.602. The van der Waals surface area contributed by atoms with E-state index in [1.54, 1.807) is 24.3 Å². The van der Waals surface area contributed by atoms with Gasteiger partial charge in [-0.15, -0.1) is 11.6 Å². The van der Waals surface area contributed by atoms with Crippen LogP contribution < -0.4 is 5.32 Å². The molecule has 5 heteroatoms. The van der Waals surface area contributed by atoms with Gasteiger partial charge in [0.05, 0.1) is 4.90 Å². The number of hydrogen-bond acceptors (Lipinski definition) is 3. The van der Waals surface area contributed by atoms with E-state index in [9.17, 15) is 8.42 Å². The van der Waals surface area contributed by atoms with E-state index in [0.29, 0.717) is 4.90 Å². The highest BCUT2D eigenvalue weighted by molar-refractivity contribution is 7.90. The zero-order valence-electron chi connectivity index (χ0n) is 10.7. The molecule has 0 bridgehead atoms. The standard InChI is InChI=1S/C13H20ClNO2S/c1-18(16,17)13-8-6-12(7-9-13)15-11-5-3-2-4-10-14/h6-9,15H,2-5,10-11H2,1H3. The summed E-state index contributed by atoms with van der Waals surface area (Å²) >= 11 is 5.60. The van der Waals surface area contributed by atoms with Gasteiger partial charge in [-0.05, 0) is 37.1 Å². The molecule has 0 aliphatic heterocycles. The molecule has 1 aromatic carbocycles. The summed E-state index contributed by atoms with van der Waals surface area (Å²) in [4.78, 5) is 0.357. The minimum absolute atomic E-state index is 0.357. The average molecular weight is 290 g/mol. The predicted molar refractivity (Wildman–Crippen MR) is 77.2 cm³/mol. The van der Waals surface area contributed by atoms with E-state index < -0.39 is 9.84 Å². The summed E-state index contributed by atoms with van der Waals surface area (Å²) in [5, 5.41) is 3.27. The quantitative estimate of drug-likeness (QED) is 0.590. The number of benzene rings is 1. The molecule has 0 amide bonds. The van der Waals surface area contributed by atoms with Crippen molar-refractivity contribution in [1.82, 2.24) is 0 Å². The zero-order valence-corrected chi connectivity index (χ0v) is 12.2. The van der Waals surface area contributed by atoms with Gasteiger partial charge in [-0.1, -0.05) is 12.8 Å². The number of hydrogen-bond donors (Lipinski definition) is 1. The third-order valence-corrected chi connectivity index (χ3v) is 4.07. The molecule has 0 fully saturated rings. The Bertz CT molecular complexity index is 443. The summed E-state index contributed by atoms with van der Waals surface area (Å²) in [6, 6.07) is 6.86. The van der Waals surface area contributed by atoms with E-state index in [4.69, 9.17) is 11.6 Å². The molecule has 0 aromatic heterocycles. The molecule has 1 aromatic rings. The second-order valence-corrected chi connectivity index (χ2v) is 6.72. The monoisotopic (exact) mass is 289 g/mol. The molecule has 1 N–H and O–H groups in total. The molecule has 0 spiro atoms. The number of rotatable bonds is 8. The molecule has 0 aliphatic rings. The van der Waals surface area contributed by atoms with Crippen molar-refractivity contribution in [3.8, 4) is 0 Å². The molecule has 0 saturated carbocycles. The molecular formula is C13H20ClNO2S. The molecule has 0 atom stereocenters. The van der Waals surface area contributed by atoms with Gasteiger partial charge in [-0.2, -0.15) is 0 Å². The van der Waals surface area contributed by atoms with Crippen molar-refractivity contribution in [2.24, 2.45) is 0 Å². The number of halogens is 1. The van der Waals surface area contributed by atoms with E-state index >= 15 is 0 Å². The number of nitrogens with one attached hydrogen (secondary N) is 1. The number of unbranched alkanes of at least 4 members (excludes halogenated alkanes) is 3. The Morgan fingerprint density at radius 2 is 1.67 bits per heavy atom. The maximum absolute atomic E-state index is 11.3. The molecule has 0 aliphatic carbocycles. The average Bonchev–Trinajstić information content (AvgIpc) is 2.33. The van der Waals surface area contributed by atoms with Crippen LogP contribution >= 0.6 is 11.6 Å². The van der Waals surface area contributed by atoms with E-state index in [2.05, 4.69) is 5.32 Å². The first kappa shape index (κ1) is 15.3. The van der Waals surface area contributed by atoms with Crippen molar-refractivity contribution in [1.29, 1.82) is 0 Å². The Balaban J connectivity index is 2.32. The lowest BCUT2D eigenvalue weighted by atomic mass is 10.2. The van der Waals surface area contributed by atoms with Crippen LogP contribution in [0.3, 0.4) is 0 Å². The van der Waals surface area contributed by atoms with Crippen LogP contribution in [-0.2, 0) is 9.84 Å². The van der Waals surface area contributed by atoms with Crippen molar-refractivity contribution in [3.05, 3.63) is 24.3 Å². The second-order valence-electron chi connectivity index (χ2n) is 4.33. The number of sulfone groups is 1. The van der Waals surface area contributed by atoms with E-state index in [1.807, 2.05) is 0 Å². The molecule has 0 unspecified atom stereocenters. The van der Waals surface area contributed by atoms with Crippen LogP contribution in [0.4, 0.5) is 5.69 Å². The molecule has 0 radical (unpaired) electrons. The molecule has 1 rings (SSSR count). The Hall–Kier alpha value is -0.740. The van der Waals surface area contributed by atoms with Crippen molar-refractivity contribution in [2.45, 2.75) is 30.6 Å². The summed E-state index contributed by atoms with van der Waals surface area (Å²) in [6.07, 6.45) is 5.72. The Morgan fingerprint density at radius 1 is 1.06 bits per heavy atom. The highest BCUT2D eigenvalue weighted by Gasteiger charge is 2.05. The maximum atomic E-state index is 11.3. The SMILES string of the molecule is CS(=O)(=O)c1ccc(NCCCCCCCl)cc1. The lowest BCUT2D eigenvalue weighted by Crippen LogP contribution is -2.02. The van der Waals surface area contributed by atoms with Gasteiger partial charge in [0.15, 0.2) is 9.84 Å². The smallest absolute Gasteiger partial charge is 0.175 e. The van der Waals surface area contributed by atoms with Gasteiger partial charge in [0.1, 0.15) is 0 Å². The van der Waals surface area contributed by atoms with E-state index in [-0.39, 0.29) is 0 Å². The fourth-order valence-corrected chi connectivity index (χ4v) is 2.45. The number of anilines is 1.